The first-order valence-electron chi connectivity index (χ1n) is 48.3. The number of esters is 4. The highest BCUT2D eigenvalue weighted by atomic mass is 31.2. The van der Waals surface area contributed by atoms with Crippen LogP contribution in [0.4, 0.5) is 0 Å². The quantitative estimate of drug-likeness (QED) is 0.0222. The Morgan fingerprint density at radius 3 is 0.527 bits per heavy atom. The number of hydrogen-bond donors (Lipinski definition) is 3. The predicted molar refractivity (Wildman–Crippen MR) is 465 cm³/mol. The maximum absolute atomic E-state index is 13.2. The number of unbranched alkanes of at least 4 members (excludes halogenated alkanes) is 68. The minimum absolute atomic E-state index is 0.110. The second-order valence-corrected chi connectivity index (χ2v) is 36.3. The average molecular weight is 1630 g/mol. The van der Waals surface area contributed by atoms with Crippen molar-refractivity contribution in [2.45, 2.75) is 534 Å². The topological polar surface area (TPSA) is 237 Å². The highest BCUT2D eigenvalue weighted by Crippen LogP contribution is 2.45. The van der Waals surface area contributed by atoms with E-state index in [1.165, 1.54) is 347 Å². The molecule has 0 bridgehead atoms. The molecule has 0 aliphatic rings. The Labute approximate surface area is 689 Å². The number of aliphatic hydroxyl groups excluding tert-OH is 1. The molecule has 0 aliphatic carbocycles. The van der Waals surface area contributed by atoms with Crippen molar-refractivity contribution in [1.29, 1.82) is 0 Å². The van der Waals surface area contributed by atoms with E-state index in [2.05, 4.69) is 27.7 Å². The predicted octanol–water partition coefficient (Wildman–Crippen LogP) is 29.3. The normalized spacial score (nSPS) is 13.6. The van der Waals surface area contributed by atoms with Gasteiger partial charge in [0.2, 0.25) is 0 Å². The van der Waals surface area contributed by atoms with Gasteiger partial charge in [0.25, 0.3) is 0 Å². The van der Waals surface area contributed by atoms with Crippen molar-refractivity contribution in [3.05, 3.63) is 0 Å². The lowest BCUT2D eigenvalue weighted by Gasteiger charge is -2.21. The Balaban J connectivity index is 5.21. The molecule has 2 unspecified atom stereocenters. The minimum Gasteiger partial charge on any atom is -0.462 e. The van der Waals surface area contributed by atoms with Crippen LogP contribution >= 0.6 is 15.6 Å². The third-order valence-corrected chi connectivity index (χ3v) is 24.0. The maximum atomic E-state index is 13.2. The number of phosphoric ester groups is 2. The fourth-order valence-corrected chi connectivity index (χ4v) is 16.3. The molecule has 0 fully saturated rings. The van der Waals surface area contributed by atoms with Crippen LogP contribution in [-0.4, -0.2) is 96.7 Å². The van der Waals surface area contributed by atoms with E-state index in [1.807, 2.05) is 0 Å². The van der Waals surface area contributed by atoms with Gasteiger partial charge in [-0.25, -0.2) is 9.13 Å². The van der Waals surface area contributed by atoms with E-state index in [4.69, 9.17) is 37.0 Å². The van der Waals surface area contributed by atoms with E-state index >= 15 is 0 Å². The second kappa shape index (κ2) is 86.9. The molecule has 0 saturated heterocycles. The number of phosphoric acid groups is 2. The van der Waals surface area contributed by atoms with Crippen molar-refractivity contribution >= 4 is 39.5 Å². The lowest BCUT2D eigenvalue weighted by molar-refractivity contribution is -0.161. The zero-order valence-corrected chi connectivity index (χ0v) is 75.5. The van der Waals surface area contributed by atoms with Crippen LogP contribution in [0.25, 0.3) is 0 Å². The van der Waals surface area contributed by atoms with Crippen LogP contribution in [0.3, 0.4) is 0 Å². The summed E-state index contributed by atoms with van der Waals surface area (Å²) in [4.78, 5) is 73.5. The average Bonchev–Trinajstić information content (AvgIpc) is 0.899. The van der Waals surface area contributed by atoms with Gasteiger partial charge in [0.05, 0.1) is 26.4 Å². The third kappa shape index (κ3) is 85.9. The molecular formula is C93H182O17P2. The summed E-state index contributed by atoms with van der Waals surface area (Å²) in [7, 11) is -9.93. The van der Waals surface area contributed by atoms with Crippen LogP contribution in [0.15, 0.2) is 0 Å². The van der Waals surface area contributed by atoms with E-state index < -0.39 is 97.5 Å². The van der Waals surface area contributed by atoms with E-state index in [0.29, 0.717) is 25.7 Å². The molecule has 0 aliphatic heterocycles. The van der Waals surface area contributed by atoms with Gasteiger partial charge in [0.15, 0.2) is 12.2 Å². The number of carbonyl (C=O) groups is 4. The van der Waals surface area contributed by atoms with Crippen molar-refractivity contribution in [3.8, 4) is 0 Å². The van der Waals surface area contributed by atoms with Gasteiger partial charge >= 0.3 is 39.5 Å². The van der Waals surface area contributed by atoms with Crippen LogP contribution in [0.2, 0.25) is 0 Å². The first-order valence-corrected chi connectivity index (χ1v) is 51.3. The standard InChI is InChI=1S/C93H182O17P2/c1-5-9-13-17-21-25-29-32-35-38-40-42-44-46-49-51-54-58-62-66-70-74-78-91(96)104-84-89(110-93(98)80-76-72-68-64-60-56-53-50-47-45-43-41-39-36-33-30-26-22-18-14-10-6-2)86-108-112(101,102)106-82-87(94)81-105-111(99,100)107-85-88(83-103-90(95)77-73-69-65-61-57-28-24-20-16-12-8-4)109-92(97)79-75-71-67-63-59-55-52-48-37-34-31-27-23-19-15-11-7-3/h87-89,94H,5-86H2,1-4H3,(H,99,100)(H,101,102)/t87-,88+,89+/m0/s1. The summed E-state index contributed by atoms with van der Waals surface area (Å²) in [6.45, 7) is 5.09. The highest BCUT2D eigenvalue weighted by Gasteiger charge is 2.31. The zero-order chi connectivity index (χ0) is 81.7. The summed E-state index contributed by atoms with van der Waals surface area (Å²) in [6.07, 6.45) is 84.9. The summed E-state index contributed by atoms with van der Waals surface area (Å²) < 4.78 is 69.1. The van der Waals surface area contributed by atoms with E-state index in [-0.39, 0.29) is 25.7 Å². The highest BCUT2D eigenvalue weighted by molar-refractivity contribution is 7.47. The first-order chi connectivity index (χ1) is 54.7. The smallest absolute Gasteiger partial charge is 0.462 e. The first kappa shape index (κ1) is 110. The molecule has 5 atom stereocenters. The molecule has 0 aromatic rings. The van der Waals surface area contributed by atoms with E-state index in [0.717, 1.165) is 89.9 Å². The zero-order valence-electron chi connectivity index (χ0n) is 73.7. The molecule has 666 valence electrons. The molecule has 0 aromatic carbocycles. The molecule has 0 saturated carbocycles. The van der Waals surface area contributed by atoms with Crippen molar-refractivity contribution in [3.63, 3.8) is 0 Å². The largest absolute Gasteiger partial charge is 0.472 e. The molecule has 0 aromatic heterocycles. The SMILES string of the molecule is CCCCCCCCCCCCCCCCCCCCCCCCC(=O)OC[C@H](COP(=O)(O)OC[C@@H](O)COP(=O)(O)OC[C@@H](COC(=O)CCCCCCCCCCCCC)OC(=O)CCCCCCCCCCCCCCCCCCC)OC(=O)CCCCCCCCCCCCCCCCCCCCCCCC. The molecule has 3 N–H and O–H groups in total. The van der Waals surface area contributed by atoms with Crippen LogP contribution in [0.5, 0.6) is 0 Å². The summed E-state index contributed by atoms with van der Waals surface area (Å²) >= 11 is 0. The molecule has 0 heterocycles. The fourth-order valence-electron chi connectivity index (χ4n) is 14.8. The van der Waals surface area contributed by atoms with Crippen LogP contribution in [0, 0.1) is 0 Å². The summed E-state index contributed by atoms with van der Waals surface area (Å²) in [5, 5.41) is 10.7. The second-order valence-electron chi connectivity index (χ2n) is 33.4. The number of rotatable bonds is 94. The monoisotopic (exact) mass is 1630 g/mol. The molecule has 112 heavy (non-hydrogen) atoms. The third-order valence-electron chi connectivity index (χ3n) is 22.1. The van der Waals surface area contributed by atoms with Crippen molar-refractivity contribution in [1.82, 2.24) is 0 Å². The molecule has 19 heteroatoms. The molecular weight excluding hydrogens is 1450 g/mol. The summed E-state index contributed by atoms with van der Waals surface area (Å²) in [6, 6.07) is 0. The van der Waals surface area contributed by atoms with Gasteiger partial charge in [-0.1, -0.05) is 464 Å². The van der Waals surface area contributed by atoms with Crippen LogP contribution in [-0.2, 0) is 65.4 Å². The number of ether oxygens (including phenoxy) is 4. The van der Waals surface area contributed by atoms with Crippen molar-refractivity contribution in [2.24, 2.45) is 0 Å². The summed E-state index contributed by atoms with van der Waals surface area (Å²) in [5.74, 6) is -2.09. The molecule has 0 rings (SSSR count). The molecule has 0 spiro atoms. The number of carbonyl (C=O) groups excluding carboxylic acids is 4. The number of aliphatic hydroxyl groups is 1. The van der Waals surface area contributed by atoms with Gasteiger partial charge in [0, 0.05) is 25.7 Å². The van der Waals surface area contributed by atoms with Gasteiger partial charge in [-0.05, 0) is 25.7 Å². The van der Waals surface area contributed by atoms with Gasteiger partial charge in [-0.3, -0.25) is 37.3 Å². The molecule has 17 nitrogen and oxygen atoms in total. The Morgan fingerprint density at radius 2 is 0.357 bits per heavy atom. The molecule has 0 amide bonds. The van der Waals surface area contributed by atoms with Gasteiger partial charge in [-0.15, -0.1) is 0 Å². The lowest BCUT2D eigenvalue weighted by atomic mass is 10.0. The van der Waals surface area contributed by atoms with Crippen LogP contribution < -0.4 is 0 Å². The number of hydrogen-bond acceptors (Lipinski definition) is 15. The van der Waals surface area contributed by atoms with Gasteiger partial charge in [0.1, 0.15) is 19.3 Å². The lowest BCUT2D eigenvalue weighted by Crippen LogP contribution is -2.30. The Morgan fingerprint density at radius 1 is 0.214 bits per heavy atom. The van der Waals surface area contributed by atoms with E-state index in [9.17, 15) is 43.2 Å². The maximum Gasteiger partial charge on any atom is 0.472 e. The van der Waals surface area contributed by atoms with Crippen molar-refractivity contribution < 1.29 is 80.2 Å². The van der Waals surface area contributed by atoms with Crippen molar-refractivity contribution in [2.75, 3.05) is 39.6 Å². The van der Waals surface area contributed by atoms with E-state index in [1.54, 1.807) is 0 Å². The van der Waals surface area contributed by atoms with Gasteiger partial charge in [-0.2, -0.15) is 0 Å². The Bertz CT molecular complexity index is 2100. The Hall–Kier alpha value is -1.94. The minimum atomic E-state index is -4.97. The van der Waals surface area contributed by atoms with Crippen LogP contribution in [0.1, 0.15) is 516 Å². The Kier molecular flexibility index (Phi) is 85.4. The summed E-state index contributed by atoms with van der Waals surface area (Å²) in [5.41, 5.74) is 0. The van der Waals surface area contributed by atoms with Gasteiger partial charge < -0.3 is 33.8 Å². The molecule has 0 radical (unpaired) electrons. The fraction of sp³-hybridized carbons (Fsp3) is 0.957.